The molecular formula is C17H26N2O4S2. The van der Waals surface area contributed by atoms with Crippen LogP contribution in [0.25, 0.3) is 0 Å². The molecule has 25 heavy (non-hydrogen) atoms. The summed E-state index contributed by atoms with van der Waals surface area (Å²) >= 11 is 0. The molecule has 0 saturated carbocycles. The van der Waals surface area contributed by atoms with Crippen molar-refractivity contribution in [1.82, 2.24) is 4.31 Å². The first-order valence-corrected chi connectivity index (χ1v) is 11.9. The van der Waals surface area contributed by atoms with Crippen molar-refractivity contribution in [2.75, 3.05) is 23.1 Å². The van der Waals surface area contributed by atoms with Crippen LogP contribution in [-0.2, 0) is 20.0 Å². The van der Waals surface area contributed by atoms with Crippen LogP contribution in [0.5, 0.6) is 0 Å². The van der Waals surface area contributed by atoms with E-state index < -0.39 is 20.0 Å². The van der Waals surface area contributed by atoms with Gasteiger partial charge >= 0.3 is 0 Å². The van der Waals surface area contributed by atoms with E-state index in [4.69, 9.17) is 0 Å². The van der Waals surface area contributed by atoms with Gasteiger partial charge in [-0.05, 0) is 55.9 Å². The van der Waals surface area contributed by atoms with Gasteiger partial charge in [-0.25, -0.2) is 16.8 Å². The SMILES string of the molecule is CC(C)[C@H]1CCCN1S(=O)(=O)c1ccc(N2CCCCS2(=O)=O)cc1. The Kier molecular flexibility index (Phi) is 5.14. The Morgan fingerprint density at radius 2 is 1.72 bits per heavy atom. The molecule has 1 aromatic rings. The molecule has 0 amide bonds. The lowest BCUT2D eigenvalue weighted by molar-refractivity contribution is 0.316. The molecule has 0 aromatic heterocycles. The van der Waals surface area contributed by atoms with E-state index in [1.807, 2.05) is 13.8 Å². The van der Waals surface area contributed by atoms with Crippen molar-refractivity contribution >= 4 is 25.7 Å². The quantitative estimate of drug-likeness (QED) is 0.796. The molecule has 8 heteroatoms. The standard InChI is InChI=1S/C17H26N2O4S2/c1-14(2)17-6-5-12-19(17)25(22,23)16-9-7-15(8-10-16)18-11-3-4-13-24(18,20)21/h7-10,14,17H,3-6,11-13H2,1-2H3/t17-/m1/s1. The number of nitrogens with zero attached hydrogens (tertiary/aromatic N) is 2. The summed E-state index contributed by atoms with van der Waals surface area (Å²) in [6.45, 7) is 5.09. The smallest absolute Gasteiger partial charge is 0.243 e. The molecule has 2 heterocycles. The van der Waals surface area contributed by atoms with Crippen LogP contribution in [-0.4, -0.2) is 46.0 Å². The average Bonchev–Trinajstić information content (AvgIpc) is 3.05. The predicted molar refractivity (Wildman–Crippen MR) is 98.6 cm³/mol. The number of benzene rings is 1. The number of hydrogen-bond donors (Lipinski definition) is 0. The minimum absolute atomic E-state index is 0.0344. The van der Waals surface area contributed by atoms with Gasteiger partial charge in [0, 0.05) is 19.1 Å². The van der Waals surface area contributed by atoms with Gasteiger partial charge < -0.3 is 0 Å². The highest BCUT2D eigenvalue weighted by Crippen LogP contribution is 2.31. The maximum absolute atomic E-state index is 13.0. The summed E-state index contributed by atoms with van der Waals surface area (Å²) in [4.78, 5) is 0.234. The Hall–Kier alpha value is -1.12. The van der Waals surface area contributed by atoms with Gasteiger partial charge in [0.2, 0.25) is 20.0 Å². The molecule has 0 N–H and O–H groups in total. The van der Waals surface area contributed by atoms with Crippen LogP contribution in [0, 0.1) is 5.92 Å². The van der Waals surface area contributed by atoms with Crippen LogP contribution in [0.15, 0.2) is 29.2 Å². The lowest BCUT2D eigenvalue weighted by Gasteiger charge is -2.29. The summed E-state index contributed by atoms with van der Waals surface area (Å²) in [6.07, 6.45) is 3.27. The average molecular weight is 387 g/mol. The van der Waals surface area contributed by atoms with Crippen molar-refractivity contribution in [3.63, 3.8) is 0 Å². The van der Waals surface area contributed by atoms with Crippen LogP contribution in [0.2, 0.25) is 0 Å². The summed E-state index contributed by atoms with van der Waals surface area (Å²) in [6, 6.07) is 6.31. The normalized spacial score (nSPS) is 24.8. The number of sulfonamides is 2. The topological polar surface area (TPSA) is 74.8 Å². The van der Waals surface area contributed by atoms with Gasteiger partial charge in [0.25, 0.3) is 0 Å². The van der Waals surface area contributed by atoms with E-state index in [-0.39, 0.29) is 22.6 Å². The second-order valence-electron chi connectivity index (χ2n) is 7.16. The van der Waals surface area contributed by atoms with E-state index in [1.54, 1.807) is 16.4 Å². The summed E-state index contributed by atoms with van der Waals surface area (Å²) in [5.41, 5.74) is 0.542. The Bertz CT molecular complexity index is 817. The highest BCUT2D eigenvalue weighted by molar-refractivity contribution is 7.92. The van der Waals surface area contributed by atoms with E-state index in [0.717, 1.165) is 19.3 Å². The molecule has 2 saturated heterocycles. The van der Waals surface area contributed by atoms with Gasteiger partial charge in [0.05, 0.1) is 16.3 Å². The maximum Gasteiger partial charge on any atom is 0.243 e. The van der Waals surface area contributed by atoms with Crippen LogP contribution >= 0.6 is 0 Å². The monoisotopic (exact) mass is 386 g/mol. The van der Waals surface area contributed by atoms with Crippen molar-refractivity contribution in [2.45, 2.75) is 50.5 Å². The summed E-state index contributed by atoms with van der Waals surface area (Å²) < 4.78 is 53.3. The van der Waals surface area contributed by atoms with Crippen molar-refractivity contribution in [1.29, 1.82) is 0 Å². The van der Waals surface area contributed by atoms with Crippen LogP contribution in [0.1, 0.15) is 39.5 Å². The Morgan fingerprint density at radius 3 is 2.32 bits per heavy atom. The molecule has 140 valence electrons. The summed E-state index contributed by atoms with van der Waals surface area (Å²) in [5, 5.41) is 0. The molecule has 2 fully saturated rings. The first-order chi connectivity index (χ1) is 11.7. The highest BCUT2D eigenvalue weighted by Gasteiger charge is 2.37. The fraction of sp³-hybridized carbons (Fsp3) is 0.647. The molecule has 0 unspecified atom stereocenters. The third-order valence-electron chi connectivity index (χ3n) is 5.10. The molecule has 3 rings (SSSR count). The predicted octanol–water partition coefficient (Wildman–Crippen LogP) is 2.43. The fourth-order valence-corrected chi connectivity index (χ4v) is 7.19. The van der Waals surface area contributed by atoms with E-state index in [9.17, 15) is 16.8 Å². The second kappa shape index (κ2) is 6.89. The van der Waals surface area contributed by atoms with E-state index in [1.165, 1.54) is 16.4 Å². The zero-order chi connectivity index (χ0) is 18.2. The molecule has 2 aliphatic rings. The zero-order valence-corrected chi connectivity index (χ0v) is 16.4. The van der Waals surface area contributed by atoms with Gasteiger partial charge in [0.15, 0.2) is 0 Å². The Balaban J connectivity index is 1.87. The van der Waals surface area contributed by atoms with Gasteiger partial charge in [0.1, 0.15) is 0 Å². The van der Waals surface area contributed by atoms with Crippen molar-refractivity contribution in [3.8, 4) is 0 Å². The zero-order valence-electron chi connectivity index (χ0n) is 14.8. The number of rotatable bonds is 4. The highest BCUT2D eigenvalue weighted by atomic mass is 32.2. The van der Waals surface area contributed by atoms with E-state index >= 15 is 0 Å². The Labute approximate surface area is 150 Å². The molecule has 2 aliphatic heterocycles. The third-order valence-corrected chi connectivity index (χ3v) is 8.91. The molecule has 0 bridgehead atoms. The molecule has 1 aromatic carbocycles. The molecule has 0 aliphatic carbocycles. The number of anilines is 1. The molecule has 0 spiro atoms. The minimum atomic E-state index is -3.54. The first kappa shape index (κ1) is 18.7. The second-order valence-corrected chi connectivity index (χ2v) is 11.1. The van der Waals surface area contributed by atoms with Crippen LogP contribution in [0.4, 0.5) is 5.69 Å². The molecule has 1 atom stereocenters. The Morgan fingerprint density at radius 1 is 1.04 bits per heavy atom. The number of hydrogen-bond acceptors (Lipinski definition) is 4. The van der Waals surface area contributed by atoms with Crippen LogP contribution in [0.3, 0.4) is 0 Å². The van der Waals surface area contributed by atoms with Crippen LogP contribution < -0.4 is 4.31 Å². The summed E-state index contributed by atoms with van der Waals surface area (Å²) in [5.74, 6) is 0.423. The largest absolute Gasteiger partial charge is 0.270 e. The third kappa shape index (κ3) is 3.57. The lowest BCUT2D eigenvalue weighted by Crippen LogP contribution is -2.39. The summed E-state index contributed by atoms with van der Waals surface area (Å²) in [7, 11) is -6.83. The minimum Gasteiger partial charge on any atom is -0.270 e. The first-order valence-electron chi connectivity index (χ1n) is 8.86. The van der Waals surface area contributed by atoms with Gasteiger partial charge in [-0.2, -0.15) is 4.31 Å². The maximum atomic E-state index is 13.0. The van der Waals surface area contributed by atoms with Gasteiger partial charge in [-0.1, -0.05) is 13.8 Å². The van der Waals surface area contributed by atoms with Crippen molar-refractivity contribution < 1.29 is 16.8 Å². The molecule has 0 radical (unpaired) electrons. The van der Waals surface area contributed by atoms with Gasteiger partial charge in [-0.15, -0.1) is 0 Å². The molecule has 6 nitrogen and oxygen atoms in total. The lowest BCUT2D eigenvalue weighted by atomic mass is 10.0. The fourth-order valence-electron chi connectivity index (χ4n) is 3.73. The van der Waals surface area contributed by atoms with E-state index in [2.05, 4.69) is 0 Å². The van der Waals surface area contributed by atoms with Gasteiger partial charge in [-0.3, -0.25) is 4.31 Å². The van der Waals surface area contributed by atoms with Crippen molar-refractivity contribution in [3.05, 3.63) is 24.3 Å². The van der Waals surface area contributed by atoms with Crippen molar-refractivity contribution in [2.24, 2.45) is 5.92 Å². The molecular weight excluding hydrogens is 360 g/mol. The van der Waals surface area contributed by atoms with E-state index in [0.29, 0.717) is 25.2 Å².